The summed E-state index contributed by atoms with van der Waals surface area (Å²) in [4.78, 5) is 14.6. The first-order valence-electron chi connectivity index (χ1n) is 7.90. The largest absolute Gasteiger partial charge is 0.354 e. The van der Waals surface area contributed by atoms with Gasteiger partial charge in [-0.15, -0.1) is 24.8 Å². The van der Waals surface area contributed by atoms with E-state index in [9.17, 15) is 4.79 Å². The molecule has 0 spiro atoms. The summed E-state index contributed by atoms with van der Waals surface area (Å²) in [5.74, 6) is 0.455. The number of nitrogens with two attached hydrogens (primary N) is 1. The maximum atomic E-state index is 12.2. The van der Waals surface area contributed by atoms with Crippen LogP contribution in [0.15, 0.2) is 30.3 Å². The Morgan fingerprint density at radius 2 is 1.96 bits per heavy atom. The Morgan fingerprint density at radius 1 is 1.30 bits per heavy atom. The Bertz CT molecular complexity index is 456. The summed E-state index contributed by atoms with van der Waals surface area (Å²) in [6, 6.07) is 9.53. The maximum absolute atomic E-state index is 12.2. The summed E-state index contributed by atoms with van der Waals surface area (Å²) in [6.07, 6.45) is 2.40. The minimum Gasteiger partial charge on any atom is -0.354 e. The van der Waals surface area contributed by atoms with Crippen molar-refractivity contribution in [3.05, 3.63) is 35.9 Å². The lowest BCUT2D eigenvalue weighted by Crippen LogP contribution is -2.45. The Hall–Kier alpha value is -0.810. The second-order valence-electron chi connectivity index (χ2n) is 6.23. The zero-order valence-corrected chi connectivity index (χ0v) is 15.5. The van der Waals surface area contributed by atoms with E-state index in [1.54, 1.807) is 0 Å². The first kappa shape index (κ1) is 22.2. The summed E-state index contributed by atoms with van der Waals surface area (Å²) in [5.41, 5.74) is 6.87. The van der Waals surface area contributed by atoms with E-state index in [4.69, 9.17) is 5.73 Å². The molecule has 1 fully saturated rings. The first-order chi connectivity index (χ1) is 10.1. The third-order valence-corrected chi connectivity index (χ3v) is 4.29. The lowest BCUT2D eigenvalue weighted by Gasteiger charge is -2.35. The van der Waals surface area contributed by atoms with E-state index in [1.165, 1.54) is 19.4 Å². The van der Waals surface area contributed by atoms with E-state index in [0.29, 0.717) is 12.0 Å². The molecule has 23 heavy (non-hydrogen) atoms. The van der Waals surface area contributed by atoms with Crippen molar-refractivity contribution >= 4 is 30.7 Å². The normalized spacial score (nSPS) is 19.4. The third kappa shape index (κ3) is 6.68. The quantitative estimate of drug-likeness (QED) is 0.847. The predicted molar refractivity (Wildman–Crippen MR) is 100 cm³/mol. The van der Waals surface area contributed by atoms with Gasteiger partial charge < -0.3 is 16.0 Å². The minimum absolute atomic E-state index is 0. The number of nitrogens with one attached hydrogen (secondary N) is 1. The predicted octanol–water partition coefficient (Wildman–Crippen LogP) is 2.77. The number of piperidine rings is 1. The average Bonchev–Trinajstić information content (AvgIpc) is 2.53. The molecule has 1 aromatic rings. The van der Waals surface area contributed by atoms with Gasteiger partial charge in [0.25, 0.3) is 0 Å². The van der Waals surface area contributed by atoms with Crippen LogP contribution in [0.5, 0.6) is 0 Å². The number of hydrogen-bond acceptors (Lipinski definition) is 3. The second kappa shape index (κ2) is 10.9. The van der Waals surface area contributed by atoms with Gasteiger partial charge in [0.05, 0.1) is 0 Å². The van der Waals surface area contributed by atoms with E-state index in [0.717, 1.165) is 18.7 Å². The van der Waals surface area contributed by atoms with E-state index >= 15 is 0 Å². The second-order valence-corrected chi connectivity index (χ2v) is 6.23. The van der Waals surface area contributed by atoms with Crippen LogP contribution in [0.3, 0.4) is 0 Å². The molecule has 1 heterocycles. The lowest BCUT2D eigenvalue weighted by molar-refractivity contribution is -0.122. The first-order valence-corrected chi connectivity index (χ1v) is 7.90. The smallest absolute Gasteiger partial charge is 0.241 e. The zero-order chi connectivity index (χ0) is 15.2. The van der Waals surface area contributed by atoms with Crippen LogP contribution in [0.2, 0.25) is 0 Å². The fourth-order valence-corrected chi connectivity index (χ4v) is 2.90. The van der Waals surface area contributed by atoms with Crippen LogP contribution in [0.4, 0.5) is 0 Å². The van der Waals surface area contributed by atoms with E-state index < -0.39 is 6.04 Å². The van der Waals surface area contributed by atoms with E-state index in [2.05, 4.69) is 24.1 Å². The highest BCUT2D eigenvalue weighted by Gasteiger charge is 2.23. The number of amides is 1. The van der Waals surface area contributed by atoms with Crippen LogP contribution in [0, 0.1) is 5.92 Å². The van der Waals surface area contributed by atoms with Crippen molar-refractivity contribution in [3.8, 4) is 0 Å². The number of rotatable bonds is 5. The van der Waals surface area contributed by atoms with Crippen LogP contribution in [0.1, 0.15) is 38.3 Å². The molecule has 1 aliphatic rings. The minimum atomic E-state index is -0.573. The lowest BCUT2D eigenvalue weighted by atomic mass is 9.96. The van der Waals surface area contributed by atoms with Crippen LogP contribution >= 0.6 is 24.8 Å². The van der Waals surface area contributed by atoms with Gasteiger partial charge >= 0.3 is 0 Å². The summed E-state index contributed by atoms with van der Waals surface area (Å²) in [6.45, 7) is 7.42. The number of nitrogens with zero attached hydrogens (tertiary/aromatic N) is 1. The molecule has 0 bridgehead atoms. The summed E-state index contributed by atoms with van der Waals surface area (Å²) >= 11 is 0. The Labute approximate surface area is 152 Å². The topological polar surface area (TPSA) is 58.4 Å². The molecule has 1 aromatic carbocycles. The molecule has 1 amide bonds. The van der Waals surface area contributed by atoms with Gasteiger partial charge in [-0.05, 0) is 44.7 Å². The number of likely N-dealkylation sites (tertiary alicyclic amines) is 1. The molecule has 0 radical (unpaired) electrons. The van der Waals surface area contributed by atoms with Gasteiger partial charge in [-0.1, -0.05) is 30.3 Å². The molecule has 132 valence electrons. The molecule has 4 nitrogen and oxygen atoms in total. The molecule has 1 aliphatic heterocycles. The van der Waals surface area contributed by atoms with Gasteiger partial charge in [0, 0.05) is 19.1 Å². The van der Waals surface area contributed by atoms with Crippen molar-refractivity contribution < 1.29 is 4.79 Å². The summed E-state index contributed by atoms with van der Waals surface area (Å²) in [7, 11) is 0. The number of carbonyl (C=O) groups is 1. The maximum Gasteiger partial charge on any atom is 0.241 e. The van der Waals surface area contributed by atoms with Crippen molar-refractivity contribution in [1.82, 2.24) is 10.2 Å². The van der Waals surface area contributed by atoms with Gasteiger partial charge in [0.15, 0.2) is 0 Å². The van der Waals surface area contributed by atoms with Gasteiger partial charge in [-0.25, -0.2) is 0 Å². The number of halogens is 2. The molecule has 0 aliphatic carbocycles. The third-order valence-electron chi connectivity index (χ3n) is 4.29. The fourth-order valence-electron chi connectivity index (χ4n) is 2.90. The fraction of sp³-hybridized carbons (Fsp3) is 0.588. The number of hydrogen-bond donors (Lipinski definition) is 2. The molecule has 3 N–H and O–H groups in total. The van der Waals surface area contributed by atoms with Gasteiger partial charge in [-0.2, -0.15) is 0 Å². The number of benzene rings is 1. The Balaban J connectivity index is 0.00000242. The van der Waals surface area contributed by atoms with E-state index in [1.807, 2.05) is 30.3 Å². The SMILES string of the molecule is CC(C)N1CCCC(CNC(=O)C(N)c2ccccc2)C1.Cl.Cl. The Morgan fingerprint density at radius 3 is 2.57 bits per heavy atom. The summed E-state index contributed by atoms with van der Waals surface area (Å²) in [5, 5.41) is 3.02. The van der Waals surface area contributed by atoms with Crippen LogP contribution in [-0.2, 0) is 4.79 Å². The van der Waals surface area contributed by atoms with Gasteiger partial charge in [0.1, 0.15) is 6.04 Å². The highest BCUT2D eigenvalue weighted by molar-refractivity contribution is 5.85. The van der Waals surface area contributed by atoms with Gasteiger partial charge in [-0.3, -0.25) is 4.79 Å². The molecule has 0 saturated carbocycles. The highest BCUT2D eigenvalue weighted by atomic mass is 35.5. The van der Waals surface area contributed by atoms with Crippen LogP contribution < -0.4 is 11.1 Å². The summed E-state index contributed by atoms with van der Waals surface area (Å²) < 4.78 is 0. The monoisotopic (exact) mass is 361 g/mol. The highest BCUT2D eigenvalue weighted by Crippen LogP contribution is 2.18. The van der Waals surface area contributed by atoms with Crippen molar-refractivity contribution in [3.63, 3.8) is 0 Å². The van der Waals surface area contributed by atoms with Gasteiger partial charge in [0.2, 0.25) is 5.91 Å². The molecule has 0 aromatic heterocycles. The molecule has 2 rings (SSSR count). The van der Waals surface area contributed by atoms with Crippen molar-refractivity contribution in [2.24, 2.45) is 11.7 Å². The van der Waals surface area contributed by atoms with Crippen molar-refractivity contribution in [2.75, 3.05) is 19.6 Å². The molecule has 6 heteroatoms. The molecule has 2 unspecified atom stereocenters. The zero-order valence-electron chi connectivity index (χ0n) is 13.9. The van der Waals surface area contributed by atoms with Crippen molar-refractivity contribution in [2.45, 2.75) is 38.8 Å². The van der Waals surface area contributed by atoms with Crippen LogP contribution in [-0.4, -0.2) is 36.5 Å². The molecule has 1 saturated heterocycles. The van der Waals surface area contributed by atoms with Crippen LogP contribution in [0.25, 0.3) is 0 Å². The standard InChI is InChI=1S/C17H27N3O.2ClH/c1-13(2)20-10-6-7-14(12-20)11-19-17(21)16(18)15-8-4-3-5-9-15;;/h3-5,8-9,13-14,16H,6-7,10-12,18H2,1-2H3,(H,19,21);2*1H. The molecule has 2 atom stereocenters. The van der Waals surface area contributed by atoms with Crippen molar-refractivity contribution in [1.29, 1.82) is 0 Å². The average molecular weight is 362 g/mol. The Kier molecular flexibility index (Phi) is 10.5. The molecular formula is C17H29Cl2N3O. The number of carbonyl (C=O) groups excluding carboxylic acids is 1. The molecular weight excluding hydrogens is 333 g/mol. The van der Waals surface area contributed by atoms with E-state index in [-0.39, 0.29) is 30.7 Å².